The molecular weight excluding hydrogens is 240 g/mol. The van der Waals surface area contributed by atoms with Crippen molar-refractivity contribution < 1.29 is 9.47 Å². The van der Waals surface area contributed by atoms with E-state index in [0.29, 0.717) is 0 Å². The second kappa shape index (κ2) is 6.09. The van der Waals surface area contributed by atoms with E-state index in [0.717, 1.165) is 29.4 Å². The highest BCUT2D eigenvalue weighted by molar-refractivity contribution is 5.56. The van der Waals surface area contributed by atoms with E-state index in [9.17, 15) is 0 Å². The Morgan fingerprint density at radius 1 is 1.11 bits per heavy atom. The highest BCUT2D eigenvalue weighted by atomic mass is 16.5. The Bertz CT molecular complexity index is 538. The number of aryl methyl sites for hydroxylation is 1. The summed E-state index contributed by atoms with van der Waals surface area (Å²) in [4.78, 5) is 4.21. The predicted molar refractivity (Wildman–Crippen MR) is 75.8 cm³/mol. The number of hydrogen-bond acceptors (Lipinski definition) is 4. The summed E-state index contributed by atoms with van der Waals surface area (Å²) in [6.07, 6.45) is 1.73. The molecule has 1 N–H and O–H groups in total. The number of aromatic nitrogens is 1. The minimum Gasteiger partial charge on any atom is -0.497 e. The Balaban J connectivity index is 2.07. The van der Waals surface area contributed by atoms with Gasteiger partial charge in [0.1, 0.15) is 5.75 Å². The van der Waals surface area contributed by atoms with Crippen LogP contribution in [0.1, 0.15) is 11.3 Å². The van der Waals surface area contributed by atoms with Crippen molar-refractivity contribution in [3.05, 3.63) is 47.8 Å². The van der Waals surface area contributed by atoms with E-state index in [1.165, 1.54) is 5.56 Å². The maximum absolute atomic E-state index is 5.28. The van der Waals surface area contributed by atoms with Gasteiger partial charge in [0, 0.05) is 12.2 Å². The minimum atomic E-state index is 0.726. The molecule has 0 radical (unpaired) electrons. The van der Waals surface area contributed by atoms with Crippen molar-refractivity contribution in [2.45, 2.75) is 13.5 Å². The summed E-state index contributed by atoms with van der Waals surface area (Å²) < 4.78 is 10.4. The van der Waals surface area contributed by atoms with Gasteiger partial charge in [0.15, 0.2) is 5.75 Å². The number of hydrogen-bond donors (Lipinski definition) is 1. The Kier molecular flexibility index (Phi) is 4.23. The fourth-order valence-electron chi connectivity index (χ4n) is 1.79. The standard InChI is InChI=1S/C15H18N2O2/c1-11-8-14(15(19-3)10-16-11)17-9-12-4-6-13(18-2)7-5-12/h4-8,10H,9H2,1-3H3,(H,16,17). The van der Waals surface area contributed by atoms with Gasteiger partial charge >= 0.3 is 0 Å². The number of anilines is 1. The first-order valence-electron chi connectivity index (χ1n) is 6.10. The Morgan fingerprint density at radius 2 is 1.84 bits per heavy atom. The summed E-state index contributed by atoms with van der Waals surface area (Å²) >= 11 is 0. The van der Waals surface area contributed by atoms with Gasteiger partial charge in [-0.2, -0.15) is 0 Å². The smallest absolute Gasteiger partial charge is 0.160 e. The highest BCUT2D eigenvalue weighted by Gasteiger charge is 2.03. The Morgan fingerprint density at radius 3 is 2.47 bits per heavy atom. The molecule has 0 aliphatic heterocycles. The van der Waals surface area contributed by atoms with Gasteiger partial charge in [-0.05, 0) is 30.7 Å². The predicted octanol–water partition coefficient (Wildman–Crippen LogP) is 3.02. The quantitative estimate of drug-likeness (QED) is 0.895. The van der Waals surface area contributed by atoms with Crippen molar-refractivity contribution >= 4 is 5.69 Å². The van der Waals surface area contributed by atoms with Gasteiger partial charge < -0.3 is 14.8 Å². The molecule has 0 saturated heterocycles. The molecule has 0 amide bonds. The molecular formula is C15H18N2O2. The minimum absolute atomic E-state index is 0.726. The first-order valence-corrected chi connectivity index (χ1v) is 6.10. The van der Waals surface area contributed by atoms with Gasteiger partial charge in [0.25, 0.3) is 0 Å². The lowest BCUT2D eigenvalue weighted by atomic mass is 10.2. The lowest BCUT2D eigenvalue weighted by Crippen LogP contribution is -2.02. The third kappa shape index (κ3) is 3.37. The molecule has 2 rings (SSSR count). The molecule has 0 aliphatic rings. The largest absolute Gasteiger partial charge is 0.497 e. The number of nitrogens with one attached hydrogen (secondary N) is 1. The average molecular weight is 258 g/mol. The van der Waals surface area contributed by atoms with Crippen LogP contribution < -0.4 is 14.8 Å². The van der Waals surface area contributed by atoms with Crippen LogP contribution in [0.15, 0.2) is 36.5 Å². The molecule has 1 aromatic heterocycles. The highest BCUT2D eigenvalue weighted by Crippen LogP contribution is 2.24. The van der Waals surface area contributed by atoms with E-state index in [2.05, 4.69) is 10.3 Å². The zero-order valence-corrected chi connectivity index (χ0v) is 11.4. The summed E-state index contributed by atoms with van der Waals surface area (Å²) in [7, 11) is 3.31. The van der Waals surface area contributed by atoms with Crippen molar-refractivity contribution in [1.82, 2.24) is 4.98 Å². The molecule has 0 bridgehead atoms. The monoisotopic (exact) mass is 258 g/mol. The Hall–Kier alpha value is -2.23. The van der Waals surface area contributed by atoms with E-state index in [4.69, 9.17) is 9.47 Å². The first-order chi connectivity index (χ1) is 9.22. The van der Waals surface area contributed by atoms with Gasteiger partial charge in [0.05, 0.1) is 26.1 Å². The molecule has 19 heavy (non-hydrogen) atoms. The fourth-order valence-corrected chi connectivity index (χ4v) is 1.79. The number of methoxy groups -OCH3 is 2. The summed E-state index contributed by atoms with van der Waals surface area (Å²) in [5.41, 5.74) is 3.08. The van der Waals surface area contributed by atoms with Crippen molar-refractivity contribution in [2.24, 2.45) is 0 Å². The van der Waals surface area contributed by atoms with Crippen LogP contribution in [0.3, 0.4) is 0 Å². The van der Waals surface area contributed by atoms with Gasteiger partial charge in [-0.15, -0.1) is 0 Å². The number of benzene rings is 1. The van der Waals surface area contributed by atoms with Crippen LogP contribution in [0, 0.1) is 6.92 Å². The molecule has 100 valence electrons. The zero-order valence-electron chi connectivity index (χ0n) is 11.4. The Labute approximate surface area is 113 Å². The van der Waals surface area contributed by atoms with Gasteiger partial charge in [-0.1, -0.05) is 12.1 Å². The molecule has 0 unspecified atom stereocenters. The van der Waals surface area contributed by atoms with Gasteiger partial charge in [0.2, 0.25) is 0 Å². The maximum Gasteiger partial charge on any atom is 0.160 e. The SMILES string of the molecule is COc1ccc(CNc2cc(C)ncc2OC)cc1. The second-order valence-corrected chi connectivity index (χ2v) is 4.23. The molecule has 0 spiro atoms. The molecule has 4 heteroatoms. The van der Waals surface area contributed by atoms with Gasteiger partial charge in [-0.3, -0.25) is 4.98 Å². The normalized spacial score (nSPS) is 10.1. The van der Waals surface area contributed by atoms with Crippen LogP contribution >= 0.6 is 0 Å². The van der Waals surface area contributed by atoms with E-state index >= 15 is 0 Å². The van der Waals surface area contributed by atoms with E-state index in [1.807, 2.05) is 37.3 Å². The van der Waals surface area contributed by atoms with Crippen molar-refractivity contribution in [2.75, 3.05) is 19.5 Å². The maximum atomic E-state index is 5.28. The van der Waals surface area contributed by atoms with E-state index in [-0.39, 0.29) is 0 Å². The van der Waals surface area contributed by atoms with E-state index in [1.54, 1.807) is 20.4 Å². The van der Waals surface area contributed by atoms with E-state index < -0.39 is 0 Å². The average Bonchev–Trinajstić information content (AvgIpc) is 2.46. The molecule has 1 heterocycles. The van der Waals surface area contributed by atoms with Crippen LogP contribution in [0.2, 0.25) is 0 Å². The molecule has 0 saturated carbocycles. The fraction of sp³-hybridized carbons (Fsp3) is 0.267. The number of nitrogens with zero attached hydrogens (tertiary/aromatic N) is 1. The van der Waals surface area contributed by atoms with Gasteiger partial charge in [-0.25, -0.2) is 0 Å². The van der Waals surface area contributed by atoms with Crippen molar-refractivity contribution in [1.29, 1.82) is 0 Å². The van der Waals surface area contributed by atoms with Crippen LogP contribution in [-0.4, -0.2) is 19.2 Å². The lowest BCUT2D eigenvalue weighted by Gasteiger charge is -2.11. The van der Waals surface area contributed by atoms with Crippen LogP contribution in [0.4, 0.5) is 5.69 Å². The molecule has 0 atom stereocenters. The summed E-state index contributed by atoms with van der Waals surface area (Å²) in [5, 5.41) is 3.35. The lowest BCUT2D eigenvalue weighted by molar-refractivity contribution is 0.414. The number of pyridine rings is 1. The molecule has 0 fully saturated rings. The van der Waals surface area contributed by atoms with Crippen molar-refractivity contribution in [3.63, 3.8) is 0 Å². The summed E-state index contributed by atoms with van der Waals surface area (Å²) in [6.45, 7) is 2.68. The van der Waals surface area contributed by atoms with Crippen molar-refractivity contribution in [3.8, 4) is 11.5 Å². The van der Waals surface area contributed by atoms with Crippen LogP contribution in [-0.2, 0) is 6.54 Å². The van der Waals surface area contributed by atoms with Crippen LogP contribution in [0.5, 0.6) is 11.5 Å². The molecule has 4 nitrogen and oxygen atoms in total. The molecule has 2 aromatic rings. The third-order valence-electron chi connectivity index (χ3n) is 2.87. The number of ether oxygens (including phenoxy) is 2. The molecule has 0 aliphatic carbocycles. The number of rotatable bonds is 5. The summed E-state index contributed by atoms with van der Waals surface area (Å²) in [6, 6.07) is 9.94. The first kappa shape index (κ1) is 13.2. The second-order valence-electron chi connectivity index (χ2n) is 4.23. The summed E-state index contributed by atoms with van der Waals surface area (Å²) in [5.74, 6) is 1.61. The zero-order chi connectivity index (χ0) is 13.7. The topological polar surface area (TPSA) is 43.4 Å². The third-order valence-corrected chi connectivity index (χ3v) is 2.87. The van der Waals surface area contributed by atoms with Crippen LogP contribution in [0.25, 0.3) is 0 Å². The molecule has 1 aromatic carbocycles.